The molecular formula is C82H184B6N14O12SU6. The number of thiocarbonyl (C=S) groups is 1. The Morgan fingerprint density at radius 1 is 0.438 bits per heavy atom. The van der Waals surface area contributed by atoms with Crippen molar-refractivity contribution in [1.29, 1.82) is 5.26 Å². The van der Waals surface area contributed by atoms with E-state index >= 15 is 0 Å². The maximum absolute atomic E-state index is 11.8. The molecule has 39 heteroatoms. The summed E-state index contributed by atoms with van der Waals surface area (Å²) in [5.41, 5.74) is 10.2. The first-order valence-electron chi connectivity index (χ1n) is 37.1. The van der Waals surface area contributed by atoms with Crippen molar-refractivity contribution in [3.63, 3.8) is 0 Å². The van der Waals surface area contributed by atoms with E-state index in [1.165, 1.54) is 30.9 Å². The zero-order valence-corrected chi connectivity index (χ0v) is 111. The first-order chi connectivity index (χ1) is 46.7. The van der Waals surface area contributed by atoms with E-state index in [4.69, 9.17) is 28.3 Å². The Hall–Kier alpha value is 0.561. The van der Waals surface area contributed by atoms with Crippen molar-refractivity contribution >= 4 is 115 Å². The third-order valence-electron chi connectivity index (χ3n) is 15.0. The van der Waals surface area contributed by atoms with Gasteiger partial charge in [0.05, 0.1) is 29.7 Å². The first kappa shape index (κ1) is 230. The van der Waals surface area contributed by atoms with Crippen molar-refractivity contribution < 1.29 is 235 Å². The Morgan fingerprint density at radius 3 is 1.00 bits per heavy atom. The van der Waals surface area contributed by atoms with E-state index in [-0.39, 0.29) is 409 Å². The largest absolute Gasteiger partial charge is 2.00 e. The van der Waals surface area contributed by atoms with Gasteiger partial charge in [-0.05, 0) is 96.3 Å². The third kappa shape index (κ3) is 92.2. The Bertz CT molecular complexity index is 2090. The molecule has 3 aliphatic heterocycles. The molecule has 26 nitrogen and oxygen atoms in total. The molecule has 0 aromatic heterocycles. The number of nitro groups is 2. The molecule has 6 aliphatic carbocycles. The normalized spacial score (nSPS) is 19.3. The average molecular weight is 3080 g/mol. The Labute approximate surface area is 913 Å². The minimum absolute atomic E-state index is 0. The van der Waals surface area contributed by atoms with Gasteiger partial charge in [-0.3, -0.25) is 69.0 Å². The number of nitrogens with two attached hydrogens (primary N) is 2. The summed E-state index contributed by atoms with van der Waals surface area (Å²) in [6, 6.07) is -1.14. The van der Waals surface area contributed by atoms with Crippen LogP contribution in [0, 0.1) is 343 Å². The monoisotopic (exact) mass is 3080 g/mol. The van der Waals surface area contributed by atoms with Crippen molar-refractivity contribution in [2.45, 2.75) is 318 Å². The molecule has 702 valence electrons. The maximum atomic E-state index is 11.8. The van der Waals surface area contributed by atoms with Gasteiger partial charge in [0.25, 0.3) is 0 Å². The number of carboxylic acid groups (broad SMARTS) is 1. The van der Waals surface area contributed by atoms with Crippen LogP contribution in [0.1, 0.15) is 282 Å². The van der Waals surface area contributed by atoms with Crippen molar-refractivity contribution in [3.05, 3.63) is 109 Å². The number of nitrogens with zero attached hydrogens (tertiary/aromatic N) is 7. The van der Waals surface area contributed by atoms with Crippen LogP contribution in [0.15, 0.2) is 4.99 Å². The van der Waals surface area contributed by atoms with E-state index in [9.17, 15) is 53.8 Å². The SMILES string of the molecule is CC.CC.CC.CC.CC.CC.CC.CC.CC.CC.CC.CC.CN.CN1C(=O)C2CCCC2N=C1NC#N.CN1C(=O)C2CCCC2NC1=S.CN1C(=O)NC2CCCC2C1=O.CNC(=O)C1CCCC1N.CNC(=O)C1CCCC1[N+](=O)[O-].O=C(O)C1CCCC1[N+](=O)[O-].[B].[B].[B].[B].[B].[B].[CH3-].[CH3-].[CH3-].[CH3-].[CH3-].[CH3-].[CH3-].[CH3-].[CH3-].[CH3-].[CH3-].[CH3-].[U+2].[U+2].[U+2].[U+2].[U+2].[U+2]. The molecule has 9 aliphatic rings. The predicted octanol–water partition coefficient (Wildman–Crippen LogP) is 16.5. The van der Waals surface area contributed by atoms with Gasteiger partial charge in [0.1, 0.15) is 11.8 Å². The summed E-state index contributed by atoms with van der Waals surface area (Å²) in [5.74, 6) is -1.30. The summed E-state index contributed by atoms with van der Waals surface area (Å²) in [5, 5.41) is 51.8. The average Bonchev–Trinajstić information content (AvgIpc) is 1.74. The minimum atomic E-state index is -1.04. The van der Waals surface area contributed by atoms with Gasteiger partial charge in [-0.25, -0.2) is 9.79 Å². The number of nitrogens with one attached hydrogen (secondary N) is 5. The summed E-state index contributed by atoms with van der Waals surface area (Å²) in [6.07, 6.45) is 17.4. The fourth-order valence-electron chi connectivity index (χ4n) is 10.9. The zero-order chi connectivity index (χ0) is 78.7. The topological polar surface area (TPSA) is 384 Å². The van der Waals surface area contributed by atoms with E-state index in [1.54, 1.807) is 32.2 Å². The number of imide groups is 1. The summed E-state index contributed by atoms with van der Waals surface area (Å²) in [6.45, 7) is 48.0. The van der Waals surface area contributed by atoms with E-state index < -0.39 is 34.8 Å². The molecule has 121 heavy (non-hydrogen) atoms. The maximum Gasteiger partial charge on any atom is 2.00 e. The smallest absolute Gasteiger partial charge is 0.481 e. The molecule has 0 aromatic carbocycles. The molecule has 2 saturated heterocycles. The Kier molecular flexibility index (Phi) is 306. The molecule has 12 atom stereocenters. The molecule has 6 saturated carbocycles. The summed E-state index contributed by atoms with van der Waals surface area (Å²) >= 11 is 5.02. The fraction of sp³-hybridized carbons (Fsp3) is 0.732. The second-order valence-electron chi connectivity index (χ2n) is 19.2. The number of nitriles is 1. The molecule has 12 unspecified atom stereocenters. The van der Waals surface area contributed by atoms with Gasteiger partial charge in [0.15, 0.2) is 11.3 Å². The number of rotatable bonds is 5. The zero-order valence-electron chi connectivity index (χ0n) is 85.3. The quantitative estimate of drug-likeness (QED) is 0.0241. The van der Waals surface area contributed by atoms with Crippen molar-refractivity contribution in [1.82, 2.24) is 41.3 Å². The Morgan fingerprint density at radius 2 is 0.702 bits per heavy atom. The van der Waals surface area contributed by atoms with E-state index in [0.29, 0.717) is 49.2 Å². The third-order valence-corrected chi connectivity index (χ3v) is 15.4. The van der Waals surface area contributed by atoms with Crippen molar-refractivity contribution in [2.24, 2.45) is 52.0 Å². The molecule has 0 spiro atoms. The number of guanidine groups is 1. The van der Waals surface area contributed by atoms with E-state index in [2.05, 4.69) is 37.3 Å². The number of carboxylic acids is 1. The summed E-state index contributed by atoms with van der Waals surface area (Å²) in [4.78, 5) is 107. The van der Waals surface area contributed by atoms with Crippen LogP contribution in [0.2, 0.25) is 0 Å². The standard InChI is InChI=1S/C9H12N4O.C8H12N2O2.C8H12N2OS.C7H12N2O3.C7H14N2O.C6H9NO4.12C2H6.CH5N.12CH3.6B.6U/c1-13-8(14)6-3-2-4-7(6)12-9(13)11-5-10;2*1-10-7(11)5-3-2-4-6(5)9-8(10)12;1-8-7(10)5-3-2-4-6(5)9(11)12;1-9-7(10)5-3-2-4-6(5)8;8-6(9)4-2-1-3-5(4)7(10)11;13*1-2;;;;;;;;;;;;;;;;;;;;;;;;/h6-7H,2-4H2,1H3,(H,11,12);2*5-6H,2-4H2,1H3,(H,9,12);5-6H,2-4H2,1H3,(H,8,10);5-6H,2-4,8H2,1H3,(H,9,10);4-5H,1-3H2,(H,8,9);12*1-2H3;2H2,1H3;12*1H3;;;;;;;;;;;;/q;;;;;;;;;;;;;;;;;;;12*-1;;;;;;;6*+2. The summed E-state index contributed by atoms with van der Waals surface area (Å²) < 4.78 is 0. The molecule has 7 amide bonds. The van der Waals surface area contributed by atoms with E-state index in [1.807, 2.05) is 166 Å². The second kappa shape index (κ2) is 161. The van der Waals surface area contributed by atoms with Crippen molar-refractivity contribution in [2.75, 3.05) is 42.3 Å². The number of hydrogen-bond acceptors (Lipinski definition) is 17. The van der Waals surface area contributed by atoms with Gasteiger partial charge in [-0.1, -0.05) is 192 Å². The molecule has 8 fully saturated rings. The van der Waals surface area contributed by atoms with Crippen LogP contribution in [0.3, 0.4) is 0 Å². The predicted molar refractivity (Wildman–Crippen MR) is 517 cm³/mol. The van der Waals surface area contributed by atoms with Gasteiger partial charge >= 0.3 is 199 Å². The van der Waals surface area contributed by atoms with E-state index in [0.717, 1.165) is 83.5 Å². The molecular weight excluding hydrogens is 2900 g/mol. The number of amides is 7. The number of urea groups is 1. The minimum Gasteiger partial charge on any atom is -0.481 e. The van der Waals surface area contributed by atoms with Crippen LogP contribution in [-0.2, 0) is 28.8 Å². The van der Waals surface area contributed by atoms with Crippen LogP contribution in [-0.4, -0.2) is 211 Å². The molecule has 0 aromatic rings. The summed E-state index contributed by atoms with van der Waals surface area (Å²) in [7, 11) is 9.60. The van der Waals surface area contributed by atoms with Gasteiger partial charge in [-0.2, -0.15) is 5.26 Å². The van der Waals surface area contributed by atoms with Crippen LogP contribution < -0.4 is 38.1 Å². The van der Waals surface area contributed by atoms with Crippen LogP contribution in [0.4, 0.5) is 4.79 Å². The van der Waals surface area contributed by atoms with Crippen LogP contribution >= 0.6 is 12.2 Å². The number of aliphatic carboxylic acids is 1. The van der Waals surface area contributed by atoms with Gasteiger partial charge in [0.2, 0.25) is 47.6 Å². The fourth-order valence-corrected chi connectivity index (χ4v) is 11.1. The van der Waals surface area contributed by atoms with Gasteiger partial charge < -0.3 is 127 Å². The second-order valence-corrected chi connectivity index (χ2v) is 19.6. The number of hydrogen-bond donors (Lipinski definition) is 8. The van der Waals surface area contributed by atoms with Crippen LogP contribution in [0.25, 0.3) is 0 Å². The first-order valence-corrected chi connectivity index (χ1v) is 37.5. The molecule has 10 N–H and O–H groups in total. The number of carbonyl (C=O) groups excluding carboxylic acids is 6. The van der Waals surface area contributed by atoms with Gasteiger partial charge in [-0.15, -0.1) is 0 Å². The number of fused-ring (bicyclic) bond motifs is 3. The Balaban J connectivity index is -0.0000000214. The van der Waals surface area contributed by atoms with Crippen LogP contribution in [0.5, 0.6) is 0 Å². The number of aliphatic imine (C=N–C) groups is 1. The molecule has 9 rings (SSSR count). The van der Waals surface area contributed by atoms with Crippen molar-refractivity contribution in [3.8, 4) is 6.19 Å². The molecule has 18 radical (unpaired) electrons. The van der Waals surface area contributed by atoms with Gasteiger partial charge in [0, 0.05) is 127 Å². The molecule has 3 heterocycles. The number of carbonyl (C=O) groups is 7. The molecule has 0 bridgehead atoms.